The number of nitrogens with zero attached hydrogens (tertiary/aromatic N) is 4. The molecule has 1 saturated heterocycles. The topological polar surface area (TPSA) is 85.4 Å². The van der Waals surface area contributed by atoms with E-state index in [1.807, 2.05) is 27.7 Å². The molecule has 1 aliphatic carbocycles. The van der Waals surface area contributed by atoms with Crippen molar-refractivity contribution < 1.29 is 31.3 Å². The normalized spacial score (nSPS) is 15.4. The minimum atomic E-state index is -1.29. The average Bonchev–Trinajstić information content (AvgIpc) is 3.83. The number of carboxylic acid groups (broad SMARTS) is 1. The number of anilines is 1. The Kier molecular flexibility index (Phi) is 8.16. The molecule has 1 saturated carbocycles. The summed E-state index contributed by atoms with van der Waals surface area (Å²) < 4.78 is 19.4. The summed E-state index contributed by atoms with van der Waals surface area (Å²) in [6.45, 7) is 4.43. The number of rotatable bonds is 7. The van der Waals surface area contributed by atoms with Crippen molar-refractivity contribution in [2.45, 2.75) is 32.0 Å². The molecule has 0 spiro atoms. The van der Waals surface area contributed by atoms with Crippen LogP contribution in [0.1, 0.15) is 40.4 Å². The lowest BCUT2D eigenvalue weighted by Gasteiger charge is -2.36. The van der Waals surface area contributed by atoms with E-state index in [0.29, 0.717) is 24.3 Å². The smallest absolute Gasteiger partial charge is 0.341 e. The number of piperazine rings is 1. The van der Waals surface area contributed by atoms with Crippen LogP contribution in [-0.2, 0) is 13.1 Å². The maximum atomic E-state index is 15.4. The van der Waals surface area contributed by atoms with Gasteiger partial charge in [0.05, 0.1) is 11.2 Å². The first-order valence-corrected chi connectivity index (χ1v) is 16.0. The number of aromatic amines is 1. The van der Waals surface area contributed by atoms with Crippen LogP contribution >= 0.6 is 11.6 Å². The quantitative estimate of drug-likeness (QED) is 0.255. The average molecular weight is 673 g/mol. The van der Waals surface area contributed by atoms with E-state index in [1.165, 1.54) is 23.4 Å². The van der Waals surface area contributed by atoms with Gasteiger partial charge in [-0.3, -0.25) is 9.69 Å². The van der Waals surface area contributed by atoms with E-state index in [9.17, 15) is 14.7 Å². The molecule has 2 fully saturated rings. The Labute approximate surface area is 281 Å². The van der Waals surface area contributed by atoms with E-state index in [-0.39, 0.29) is 29.4 Å². The Morgan fingerprint density at radius 1 is 0.936 bits per heavy atom. The van der Waals surface area contributed by atoms with Gasteiger partial charge in [0.25, 0.3) is 0 Å². The van der Waals surface area contributed by atoms with E-state index in [2.05, 4.69) is 57.2 Å². The highest BCUT2D eigenvalue weighted by molar-refractivity contribution is 6.31. The number of aromatic nitrogens is 3. The first kappa shape index (κ1) is 31.2. The number of pyridine rings is 2. The summed E-state index contributed by atoms with van der Waals surface area (Å²) in [6.07, 6.45) is 7.49. The minimum Gasteiger partial charge on any atom is -1.00 e. The van der Waals surface area contributed by atoms with Gasteiger partial charge in [0.2, 0.25) is 5.43 Å². The zero-order valence-electron chi connectivity index (χ0n) is 25.4. The molecule has 6 aromatic rings. The number of nitrogens with one attached hydrogen (secondary N) is 1. The van der Waals surface area contributed by atoms with Crippen LogP contribution in [0.3, 0.4) is 0 Å². The zero-order chi connectivity index (χ0) is 31.5. The third-order valence-electron chi connectivity index (χ3n) is 9.34. The Hall–Kier alpha value is -4.44. The summed E-state index contributed by atoms with van der Waals surface area (Å²) in [7, 11) is 0. The van der Waals surface area contributed by atoms with Gasteiger partial charge in [0.1, 0.15) is 16.9 Å². The number of aromatic carboxylic acids is 1. The Morgan fingerprint density at radius 2 is 1.68 bits per heavy atom. The van der Waals surface area contributed by atoms with Crippen LogP contribution in [0.5, 0.6) is 0 Å². The fraction of sp³-hybridized carbons (Fsp3) is 0.250. The number of benzene rings is 3. The van der Waals surface area contributed by atoms with Crippen molar-refractivity contribution >= 4 is 56.0 Å². The Morgan fingerprint density at radius 3 is 2.40 bits per heavy atom. The first-order valence-electron chi connectivity index (χ1n) is 15.6. The highest BCUT2D eigenvalue weighted by atomic mass is 35.5. The predicted octanol–water partition coefficient (Wildman–Crippen LogP) is 3.12. The van der Waals surface area contributed by atoms with Crippen molar-refractivity contribution in [1.29, 1.82) is 0 Å². The lowest BCUT2D eigenvalue weighted by molar-refractivity contribution is -0.687. The number of halogens is 3. The van der Waals surface area contributed by atoms with Crippen LogP contribution in [0.2, 0.25) is 5.02 Å². The molecular formula is C36H32Cl2FN5O3. The maximum absolute atomic E-state index is 15.4. The van der Waals surface area contributed by atoms with E-state index < -0.39 is 17.2 Å². The van der Waals surface area contributed by atoms with Gasteiger partial charge in [0.15, 0.2) is 18.9 Å². The zero-order valence-corrected chi connectivity index (χ0v) is 26.9. The largest absolute Gasteiger partial charge is 1.00 e. The van der Waals surface area contributed by atoms with E-state index in [0.717, 1.165) is 65.8 Å². The Bertz CT molecular complexity index is 2220. The number of carbonyl (C=O) groups is 1. The van der Waals surface area contributed by atoms with Crippen LogP contribution in [0, 0.1) is 5.82 Å². The molecule has 3 aromatic heterocycles. The van der Waals surface area contributed by atoms with Crippen LogP contribution < -0.4 is 27.3 Å². The fourth-order valence-corrected chi connectivity index (χ4v) is 6.91. The van der Waals surface area contributed by atoms with Gasteiger partial charge < -0.3 is 32.0 Å². The van der Waals surface area contributed by atoms with E-state index in [1.54, 1.807) is 6.07 Å². The molecule has 2 N–H and O–H groups in total. The molecule has 0 unspecified atom stereocenters. The molecule has 1 aliphatic heterocycles. The SMILES string of the molecule is O=C(O)c1cn(C2CC2)c2cc(N3CCN(Cc4ccc(C[n+]5ccc6c(c5)[nH]c5ccc(Cl)cc56)cc4)CC3)c(F)cc2c1=O.[Cl-]. The second-order valence-electron chi connectivity index (χ2n) is 12.5. The molecule has 11 heteroatoms. The van der Waals surface area contributed by atoms with Crippen LogP contribution in [0.4, 0.5) is 10.1 Å². The third kappa shape index (κ3) is 5.95. The predicted molar refractivity (Wildman–Crippen MR) is 177 cm³/mol. The molecule has 2 aliphatic rings. The molecule has 0 atom stereocenters. The fourth-order valence-electron chi connectivity index (χ4n) is 6.74. The van der Waals surface area contributed by atoms with Crippen molar-refractivity contribution in [3.8, 4) is 0 Å². The highest BCUT2D eigenvalue weighted by Gasteiger charge is 2.28. The van der Waals surface area contributed by atoms with Crippen molar-refractivity contribution in [3.05, 3.63) is 117 Å². The van der Waals surface area contributed by atoms with Crippen LogP contribution in [0.15, 0.2) is 84.0 Å². The summed E-state index contributed by atoms with van der Waals surface area (Å²) >= 11 is 6.21. The lowest BCUT2D eigenvalue weighted by Crippen LogP contribution is -3.00. The lowest BCUT2D eigenvalue weighted by atomic mass is 10.1. The molecule has 47 heavy (non-hydrogen) atoms. The van der Waals surface area contributed by atoms with Crippen molar-refractivity contribution in [3.63, 3.8) is 0 Å². The van der Waals surface area contributed by atoms with Gasteiger partial charge >= 0.3 is 5.97 Å². The molecule has 4 heterocycles. The van der Waals surface area contributed by atoms with E-state index >= 15 is 4.39 Å². The van der Waals surface area contributed by atoms with E-state index in [4.69, 9.17) is 11.6 Å². The van der Waals surface area contributed by atoms with Gasteiger partial charge in [-0.05, 0) is 48.7 Å². The number of H-pyrrole nitrogens is 1. The second-order valence-corrected chi connectivity index (χ2v) is 12.9. The standard InChI is InChI=1S/C36H31ClFN5O3.ClH/c37-24-5-8-31-27(15-24)26-9-10-41(21-32(26)39-31)19-23-3-1-22(2-4-23)18-40-11-13-42(14-12-40)34-17-33-28(16-30(34)38)35(44)29(36(45)46)20-43(33)25-6-7-25;/h1-5,8-10,15-17,20-21,25H,6-7,11-14,18-19H2,(H,45,46);1H. The molecule has 0 amide bonds. The summed E-state index contributed by atoms with van der Waals surface area (Å²) in [5.41, 5.74) is 4.68. The van der Waals surface area contributed by atoms with Crippen molar-refractivity contribution in [1.82, 2.24) is 14.5 Å². The molecule has 240 valence electrons. The number of hydrogen-bond acceptors (Lipinski definition) is 4. The summed E-state index contributed by atoms with van der Waals surface area (Å²) in [4.78, 5) is 32.4. The number of carboxylic acids is 1. The summed E-state index contributed by atoms with van der Waals surface area (Å²) in [6, 6.07) is 19.8. The minimum absolute atomic E-state index is 0. The highest BCUT2D eigenvalue weighted by Crippen LogP contribution is 2.38. The second kappa shape index (κ2) is 12.3. The van der Waals surface area contributed by atoms with Crippen LogP contribution in [-0.4, -0.2) is 51.7 Å². The van der Waals surface area contributed by atoms with Gasteiger partial charge in [-0.25, -0.2) is 9.18 Å². The summed E-state index contributed by atoms with van der Waals surface area (Å²) in [5.74, 6) is -1.78. The Balaban J connectivity index is 0.00000351. The van der Waals surface area contributed by atoms with Gasteiger partial charge in [-0.15, -0.1) is 0 Å². The molecule has 8 rings (SSSR count). The number of hydrogen-bond donors (Lipinski definition) is 2. The van der Waals surface area contributed by atoms with Crippen molar-refractivity contribution in [2.75, 3.05) is 31.1 Å². The molecule has 8 nitrogen and oxygen atoms in total. The van der Waals surface area contributed by atoms with Crippen LogP contribution in [0.25, 0.3) is 32.7 Å². The molecular weight excluding hydrogens is 640 g/mol. The van der Waals surface area contributed by atoms with Gasteiger partial charge in [-0.1, -0.05) is 35.9 Å². The first-order chi connectivity index (χ1) is 22.3. The van der Waals surface area contributed by atoms with Gasteiger partial charge in [-0.2, -0.15) is 4.57 Å². The van der Waals surface area contributed by atoms with Gasteiger partial charge in [0, 0.05) is 83.3 Å². The molecule has 0 radical (unpaired) electrons. The summed E-state index contributed by atoms with van der Waals surface area (Å²) in [5, 5.41) is 12.6. The number of fused-ring (bicyclic) bond motifs is 4. The maximum Gasteiger partial charge on any atom is 0.341 e. The molecule has 3 aromatic carbocycles. The van der Waals surface area contributed by atoms with Crippen molar-refractivity contribution in [2.24, 2.45) is 0 Å². The third-order valence-corrected chi connectivity index (χ3v) is 9.57. The monoisotopic (exact) mass is 671 g/mol. The molecule has 0 bridgehead atoms.